The molecule has 1 aromatic rings. The first-order valence-corrected chi connectivity index (χ1v) is 14.7. The highest BCUT2D eigenvalue weighted by molar-refractivity contribution is 8.02. The lowest BCUT2D eigenvalue weighted by Crippen LogP contribution is -2.58. The first-order chi connectivity index (χ1) is 18.3. The van der Waals surface area contributed by atoms with Crippen LogP contribution in [0.1, 0.15) is 38.7 Å². The van der Waals surface area contributed by atoms with E-state index in [9.17, 15) is 19.5 Å². The summed E-state index contributed by atoms with van der Waals surface area (Å²) in [6, 6.07) is 4.04. The van der Waals surface area contributed by atoms with Gasteiger partial charge in [-0.15, -0.1) is 11.8 Å². The highest BCUT2D eigenvalue weighted by atomic mass is 35.5. The second-order valence-electron chi connectivity index (χ2n) is 10.7. The quantitative estimate of drug-likeness (QED) is 0.431. The third-order valence-electron chi connectivity index (χ3n) is 8.59. The Morgan fingerprint density at radius 2 is 2.03 bits per heavy atom. The number of cyclic esters (lactones) is 1. The minimum absolute atomic E-state index is 0.0523. The van der Waals surface area contributed by atoms with E-state index in [1.54, 1.807) is 15.9 Å². The fraction of sp³-hybridized carbons (Fsp3) is 0.552. The molecule has 4 aliphatic rings. The third-order valence-corrected chi connectivity index (χ3v) is 10.6. The zero-order chi connectivity index (χ0) is 27.2. The number of fused-ring (bicyclic) bond motifs is 2. The summed E-state index contributed by atoms with van der Waals surface area (Å²) in [5, 5.41) is 10.7. The molecule has 0 saturated carbocycles. The van der Waals surface area contributed by atoms with E-state index in [-0.39, 0.29) is 29.6 Å². The molecule has 4 heterocycles. The van der Waals surface area contributed by atoms with E-state index < -0.39 is 34.6 Å². The zero-order valence-electron chi connectivity index (χ0n) is 22.0. The predicted octanol–water partition coefficient (Wildman–Crippen LogP) is 4.15. The number of carbonyl (C=O) groups excluding carboxylic acids is 3. The lowest BCUT2D eigenvalue weighted by atomic mass is 9.78. The van der Waals surface area contributed by atoms with Crippen LogP contribution in [-0.4, -0.2) is 69.6 Å². The van der Waals surface area contributed by atoms with E-state index in [1.165, 1.54) is 11.8 Å². The van der Waals surface area contributed by atoms with Gasteiger partial charge in [-0.3, -0.25) is 14.4 Å². The number of likely N-dealkylation sites (tertiary alicyclic amines) is 1. The number of allylic oxidation sites excluding steroid dienone is 1. The molecule has 1 unspecified atom stereocenters. The number of halogens is 1. The van der Waals surface area contributed by atoms with Crippen molar-refractivity contribution in [1.29, 1.82) is 0 Å². The van der Waals surface area contributed by atoms with Crippen molar-refractivity contribution < 1.29 is 24.2 Å². The number of aryl methyl sites for hydroxylation is 1. The Kier molecular flexibility index (Phi) is 7.68. The molecule has 2 saturated heterocycles. The molecule has 1 spiro atoms. The van der Waals surface area contributed by atoms with Crippen LogP contribution in [0.2, 0.25) is 5.02 Å². The van der Waals surface area contributed by atoms with Crippen LogP contribution in [0.25, 0.3) is 0 Å². The summed E-state index contributed by atoms with van der Waals surface area (Å²) in [5.41, 5.74) is 1.47. The number of anilines is 1. The zero-order valence-corrected chi connectivity index (χ0v) is 23.6. The number of aliphatic hydroxyl groups is 1. The molecule has 0 bridgehead atoms. The number of hydrogen-bond acceptors (Lipinski definition) is 6. The molecule has 2 fully saturated rings. The first kappa shape index (κ1) is 27.3. The first-order valence-electron chi connectivity index (χ1n) is 13.4. The Balaban J connectivity index is 1.68. The normalized spacial score (nSPS) is 33.3. The predicted molar refractivity (Wildman–Crippen MR) is 149 cm³/mol. The summed E-state index contributed by atoms with van der Waals surface area (Å²) >= 11 is 8.13. The molecule has 7 atom stereocenters. The van der Waals surface area contributed by atoms with Crippen LogP contribution < -0.4 is 4.90 Å². The van der Waals surface area contributed by atoms with E-state index in [0.29, 0.717) is 23.9 Å². The molecule has 9 heteroatoms. The maximum atomic E-state index is 14.6. The number of nitrogens with zero attached hydrogens (tertiary/aromatic N) is 2. The van der Waals surface area contributed by atoms with Crippen molar-refractivity contribution in [2.24, 2.45) is 17.8 Å². The molecule has 1 N–H and O–H groups in total. The Morgan fingerprint density at radius 3 is 2.74 bits per heavy atom. The number of amides is 2. The third kappa shape index (κ3) is 4.20. The van der Waals surface area contributed by atoms with Gasteiger partial charge in [0.05, 0.1) is 46.5 Å². The molecule has 204 valence electrons. The Hall–Kier alpha value is -2.29. The van der Waals surface area contributed by atoms with E-state index in [0.717, 1.165) is 24.8 Å². The lowest BCUT2D eigenvalue weighted by molar-refractivity contribution is -0.153. The van der Waals surface area contributed by atoms with Crippen LogP contribution >= 0.6 is 23.4 Å². The van der Waals surface area contributed by atoms with E-state index in [1.807, 2.05) is 51.1 Å². The van der Waals surface area contributed by atoms with Gasteiger partial charge in [0.2, 0.25) is 5.91 Å². The lowest BCUT2D eigenvalue weighted by Gasteiger charge is -2.40. The maximum Gasteiger partial charge on any atom is 0.311 e. The van der Waals surface area contributed by atoms with Gasteiger partial charge in [0.1, 0.15) is 6.04 Å². The molecule has 1 aromatic carbocycles. The van der Waals surface area contributed by atoms with E-state index in [4.69, 9.17) is 16.3 Å². The van der Waals surface area contributed by atoms with Crippen molar-refractivity contribution in [3.05, 3.63) is 53.1 Å². The number of rotatable bonds is 5. The fourth-order valence-electron chi connectivity index (χ4n) is 6.53. The summed E-state index contributed by atoms with van der Waals surface area (Å²) in [5.74, 6) is -2.45. The van der Waals surface area contributed by atoms with Gasteiger partial charge in [0.15, 0.2) is 0 Å². The SMILES string of the molecule is CC[C@H](C)[C@H](CO)N1C(=O)[C@@H]2[C@@H]3C(=O)OCCC/C=C\[C@@H]3S[C@@]23C=CCN(c2c(C)cccc2Cl)C(=O)C13. The summed E-state index contributed by atoms with van der Waals surface area (Å²) < 4.78 is 4.66. The van der Waals surface area contributed by atoms with Gasteiger partial charge in [0, 0.05) is 11.8 Å². The molecule has 0 aliphatic carbocycles. The molecule has 7 nitrogen and oxygen atoms in total. The molecule has 38 heavy (non-hydrogen) atoms. The number of benzene rings is 1. The largest absolute Gasteiger partial charge is 0.465 e. The van der Waals surface area contributed by atoms with Gasteiger partial charge in [-0.05, 0) is 37.3 Å². The van der Waals surface area contributed by atoms with Gasteiger partial charge in [-0.1, -0.05) is 68.3 Å². The van der Waals surface area contributed by atoms with Crippen LogP contribution in [0, 0.1) is 24.7 Å². The molecule has 0 radical (unpaired) electrons. The number of aliphatic hydroxyl groups excluding tert-OH is 1. The highest BCUT2D eigenvalue weighted by Crippen LogP contribution is 2.61. The average Bonchev–Trinajstić information content (AvgIpc) is 3.30. The number of ether oxygens (including phenoxy) is 1. The second kappa shape index (κ2) is 10.7. The van der Waals surface area contributed by atoms with Gasteiger partial charge in [-0.25, -0.2) is 0 Å². The monoisotopic (exact) mass is 558 g/mol. The molecule has 4 aliphatic heterocycles. The summed E-state index contributed by atoms with van der Waals surface area (Å²) in [6.07, 6.45) is 10.2. The van der Waals surface area contributed by atoms with Crippen molar-refractivity contribution >= 4 is 46.8 Å². The van der Waals surface area contributed by atoms with Crippen LogP contribution in [0.3, 0.4) is 0 Å². The number of thioether (sulfide) groups is 1. The van der Waals surface area contributed by atoms with Crippen molar-refractivity contribution in [2.45, 2.75) is 62.1 Å². The highest BCUT2D eigenvalue weighted by Gasteiger charge is 2.72. The Bertz CT molecular complexity index is 1170. The molecule has 2 amide bonds. The average molecular weight is 559 g/mol. The summed E-state index contributed by atoms with van der Waals surface area (Å²) in [7, 11) is 0. The Morgan fingerprint density at radius 1 is 1.24 bits per heavy atom. The minimum Gasteiger partial charge on any atom is -0.465 e. The summed E-state index contributed by atoms with van der Waals surface area (Å²) in [6.45, 7) is 6.22. The van der Waals surface area contributed by atoms with E-state index in [2.05, 4.69) is 6.08 Å². The number of para-hydroxylation sites is 1. The standard InChI is InChI=1S/C29H35ClN2O5S/c1-4-17(2)20(16-33)32-25-27(35)31(24-18(3)10-8-11-19(24)30)14-9-13-29(25)23(26(32)34)22-21(38-29)12-6-5-7-15-37-28(22)36/h6,8-13,17,20-23,25,33H,4-5,7,14-16H2,1-3H3/b12-6-/t17-,20-,21-,22+,23-,25?,29-/m0/s1. The fourth-order valence-corrected chi connectivity index (χ4v) is 8.84. The van der Waals surface area contributed by atoms with Gasteiger partial charge < -0.3 is 19.6 Å². The van der Waals surface area contributed by atoms with Crippen LogP contribution in [0.4, 0.5) is 5.69 Å². The van der Waals surface area contributed by atoms with Crippen molar-refractivity contribution in [1.82, 2.24) is 4.90 Å². The van der Waals surface area contributed by atoms with Gasteiger partial charge in [0.25, 0.3) is 5.91 Å². The van der Waals surface area contributed by atoms with Crippen LogP contribution in [0.15, 0.2) is 42.5 Å². The molecular weight excluding hydrogens is 524 g/mol. The van der Waals surface area contributed by atoms with Crippen LogP contribution in [-0.2, 0) is 19.1 Å². The summed E-state index contributed by atoms with van der Waals surface area (Å²) in [4.78, 5) is 45.7. The van der Waals surface area contributed by atoms with Crippen molar-refractivity contribution in [3.8, 4) is 0 Å². The molecular formula is C29H35ClN2O5S. The number of esters is 1. The second-order valence-corrected chi connectivity index (χ2v) is 12.6. The van der Waals surface area contributed by atoms with Gasteiger partial charge >= 0.3 is 5.97 Å². The van der Waals surface area contributed by atoms with Crippen molar-refractivity contribution in [2.75, 3.05) is 24.7 Å². The van der Waals surface area contributed by atoms with E-state index >= 15 is 0 Å². The minimum atomic E-state index is -0.975. The Labute approximate surface area is 233 Å². The number of hydrogen-bond donors (Lipinski definition) is 1. The molecule has 0 aromatic heterocycles. The smallest absolute Gasteiger partial charge is 0.311 e. The topological polar surface area (TPSA) is 87.2 Å². The number of carbonyl (C=O) groups is 3. The maximum absolute atomic E-state index is 14.6. The molecule has 5 rings (SSSR count). The van der Waals surface area contributed by atoms with Crippen LogP contribution in [0.5, 0.6) is 0 Å². The van der Waals surface area contributed by atoms with Gasteiger partial charge in [-0.2, -0.15) is 0 Å². The van der Waals surface area contributed by atoms with Crippen molar-refractivity contribution in [3.63, 3.8) is 0 Å².